The van der Waals surface area contributed by atoms with Gasteiger partial charge in [-0.1, -0.05) is 0 Å². The van der Waals surface area contributed by atoms with Gasteiger partial charge in [0, 0.05) is 56.9 Å². The first-order chi connectivity index (χ1) is 11.6. The Hall–Kier alpha value is -2.67. The zero-order chi connectivity index (χ0) is 16.9. The molecule has 3 heterocycles. The summed E-state index contributed by atoms with van der Waals surface area (Å²) < 4.78 is 0. The van der Waals surface area contributed by atoms with E-state index in [1.54, 1.807) is 17.3 Å². The number of nitrogens with one attached hydrogen (secondary N) is 1. The van der Waals surface area contributed by atoms with Gasteiger partial charge in [0.15, 0.2) is 0 Å². The van der Waals surface area contributed by atoms with Crippen molar-refractivity contribution in [2.75, 3.05) is 38.5 Å². The SMILES string of the molecule is Nc1cc(C(=O)N2CCN(CCc3ccncc3)CC2)[nH]c(=O)c1. The summed E-state index contributed by atoms with van der Waals surface area (Å²) in [7, 11) is 0. The van der Waals surface area contributed by atoms with Gasteiger partial charge in [-0.15, -0.1) is 0 Å². The number of amides is 1. The number of pyridine rings is 2. The van der Waals surface area contributed by atoms with E-state index < -0.39 is 0 Å². The predicted molar refractivity (Wildman–Crippen MR) is 91.8 cm³/mol. The molecule has 0 bridgehead atoms. The molecule has 0 atom stereocenters. The number of rotatable bonds is 4. The number of carbonyl (C=O) groups is 1. The maximum Gasteiger partial charge on any atom is 0.270 e. The number of carbonyl (C=O) groups excluding carboxylic acids is 1. The Bertz CT molecular complexity index is 751. The van der Waals surface area contributed by atoms with Crippen LogP contribution in [0.15, 0.2) is 41.5 Å². The molecule has 126 valence electrons. The molecule has 1 amide bonds. The smallest absolute Gasteiger partial charge is 0.270 e. The Morgan fingerprint density at radius 3 is 2.54 bits per heavy atom. The number of H-pyrrole nitrogens is 1. The van der Waals surface area contributed by atoms with Gasteiger partial charge in [0.25, 0.3) is 11.5 Å². The molecule has 7 heteroatoms. The Balaban J connectivity index is 1.53. The average molecular weight is 327 g/mol. The molecule has 1 aliphatic heterocycles. The molecule has 0 radical (unpaired) electrons. The van der Waals surface area contributed by atoms with Crippen molar-refractivity contribution in [1.82, 2.24) is 19.8 Å². The summed E-state index contributed by atoms with van der Waals surface area (Å²) in [5.74, 6) is -0.173. The predicted octanol–water partition coefficient (Wildman–Crippen LogP) is 0.353. The maximum absolute atomic E-state index is 12.5. The van der Waals surface area contributed by atoms with Crippen LogP contribution >= 0.6 is 0 Å². The highest BCUT2D eigenvalue weighted by Gasteiger charge is 2.22. The number of anilines is 1. The van der Waals surface area contributed by atoms with Crippen molar-refractivity contribution < 1.29 is 4.79 Å². The lowest BCUT2D eigenvalue weighted by Gasteiger charge is -2.34. The lowest BCUT2D eigenvalue weighted by atomic mass is 10.2. The second kappa shape index (κ2) is 7.27. The number of aromatic nitrogens is 2. The third-order valence-corrected chi connectivity index (χ3v) is 4.22. The molecule has 1 aliphatic rings. The third kappa shape index (κ3) is 3.99. The van der Waals surface area contributed by atoms with Crippen molar-refractivity contribution in [1.29, 1.82) is 0 Å². The Morgan fingerprint density at radius 1 is 1.17 bits per heavy atom. The highest BCUT2D eigenvalue weighted by Crippen LogP contribution is 2.09. The first kappa shape index (κ1) is 16.2. The highest BCUT2D eigenvalue weighted by atomic mass is 16.2. The molecule has 0 spiro atoms. The minimum absolute atomic E-state index is 0.173. The Morgan fingerprint density at radius 2 is 1.88 bits per heavy atom. The van der Waals surface area contributed by atoms with Gasteiger partial charge in [-0.3, -0.25) is 19.5 Å². The second-order valence-electron chi connectivity index (χ2n) is 5.93. The van der Waals surface area contributed by atoms with E-state index in [0.717, 1.165) is 26.1 Å². The van der Waals surface area contributed by atoms with Gasteiger partial charge in [-0.05, 0) is 30.2 Å². The van der Waals surface area contributed by atoms with Crippen LogP contribution in [0.25, 0.3) is 0 Å². The van der Waals surface area contributed by atoms with Crippen molar-refractivity contribution in [3.05, 3.63) is 58.3 Å². The molecule has 3 N–H and O–H groups in total. The van der Waals surface area contributed by atoms with Crippen molar-refractivity contribution in [3.63, 3.8) is 0 Å². The van der Waals surface area contributed by atoms with Crippen molar-refractivity contribution in [3.8, 4) is 0 Å². The van der Waals surface area contributed by atoms with Crippen LogP contribution in [0, 0.1) is 0 Å². The summed E-state index contributed by atoms with van der Waals surface area (Å²) >= 11 is 0. The molecule has 0 saturated carbocycles. The first-order valence-electron chi connectivity index (χ1n) is 8.02. The van der Waals surface area contributed by atoms with E-state index in [2.05, 4.69) is 14.9 Å². The van der Waals surface area contributed by atoms with E-state index in [0.29, 0.717) is 18.8 Å². The number of nitrogens with zero attached hydrogens (tertiary/aromatic N) is 3. The van der Waals surface area contributed by atoms with Gasteiger partial charge >= 0.3 is 0 Å². The van der Waals surface area contributed by atoms with Crippen LogP contribution in [0.5, 0.6) is 0 Å². The molecule has 0 aromatic carbocycles. The van der Waals surface area contributed by atoms with E-state index in [1.807, 2.05) is 12.1 Å². The van der Waals surface area contributed by atoms with Crippen LogP contribution in [0.3, 0.4) is 0 Å². The molecular formula is C17H21N5O2. The molecular weight excluding hydrogens is 306 g/mol. The van der Waals surface area contributed by atoms with Gasteiger partial charge in [0.2, 0.25) is 0 Å². The zero-order valence-corrected chi connectivity index (χ0v) is 13.4. The van der Waals surface area contributed by atoms with E-state index in [9.17, 15) is 9.59 Å². The van der Waals surface area contributed by atoms with Crippen molar-refractivity contribution >= 4 is 11.6 Å². The van der Waals surface area contributed by atoms with E-state index in [1.165, 1.54) is 17.7 Å². The first-order valence-corrected chi connectivity index (χ1v) is 8.02. The minimum atomic E-state index is -0.352. The van der Waals surface area contributed by atoms with Crippen molar-refractivity contribution in [2.24, 2.45) is 0 Å². The molecule has 2 aromatic heterocycles. The number of hydrogen-bond acceptors (Lipinski definition) is 5. The quantitative estimate of drug-likeness (QED) is 0.845. The molecule has 1 saturated heterocycles. The average Bonchev–Trinajstić information content (AvgIpc) is 2.60. The molecule has 0 aliphatic carbocycles. The van der Waals surface area contributed by atoms with Crippen LogP contribution in [0.2, 0.25) is 0 Å². The summed E-state index contributed by atoms with van der Waals surface area (Å²) in [5, 5.41) is 0. The molecule has 0 unspecified atom stereocenters. The molecule has 1 fully saturated rings. The normalized spacial score (nSPS) is 15.4. The third-order valence-electron chi connectivity index (χ3n) is 4.22. The van der Waals surface area contributed by atoms with Crippen LogP contribution in [0.1, 0.15) is 16.1 Å². The Labute approximate surface area is 140 Å². The second-order valence-corrected chi connectivity index (χ2v) is 5.93. The summed E-state index contributed by atoms with van der Waals surface area (Å²) in [6.45, 7) is 3.89. The minimum Gasteiger partial charge on any atom is -0.399 e. The fourth-order valence-corrected chi connectivity index (χ4v) is 2.86. The van der Waals surface area contributed by atoms with Gasteiger partial charge in [0.1, 0.15) is 5.69 Å². The monoisotopic (exact) mass is 327 g/mol. The zero-order valence-electron chi connectivity index (χ0n) is 13.4. The summed E-state index contributed by atoms with van der Waals surface area (Å²) in [6, 6.07) is 6.83. The highest BCUT2D eigenvalue weighted by molar-refractivity contribution is 5.93. The van der Waals surface area contributed by atoms with Gasteiger partial charge in [-0.25, -0.2) is 0 Å². The molecule has 2 aromatic rings. The van der Waals surface area contributed by atoms with Crippen LogP contribution < -0.4 is 11.3 Å². The van der Waals surface area contributed by atoms with Crippen LogP contribution in [-0.4, -0.2) is 58.4 Å². The van der Waals surface area contributed by atoms with Crippen molar-refractivity contribution in [2.45, 2.75) is 6.42 Å². The fourth-order valence-electron chi connectivity index (χ4n) is 2.86. The molecule has 24 heavy (non-hydrogen) atoms. The Kier molecular flexibility index (Phi) is 4.90. The molecule has 7 nitrogen and oxygen atoms in total. The van der Waals surface area contributed by atoms with E-state index in [-0.39, 0.29) is 17.2 Å². The maximum atomic E-state index is 12.5. The number of hydrogen-bond donors (Lipinski definition) is 2. The van der Waals surface area contributed by atoms with Gasteiger partial charge < -0.3 is 15.6 Å². The summed E-state index contributed by atoms with van der Waals surface area (Å²) in [4.78, 5) is 34.6. The topological polar surface area (TPSA) is 95.3 Å². The molecule has 3 rings (SSSR count). The van der Waals surface area contributed by atoms with E-state index in [4.69, 9.17) is 5.73 Å². The summed E-state index contributed by atoms with van der Waals surface area (Å²) in [6.07, 6.45) is 4.58. The van der Waals surface area contributed by atoms with Crippen LogP contribution in [-0.2, 0) is 6.42 Å². The van der Waals surface area contributed by atoms with Gasteiger partial charge in [0.05, 0.1) is 0 Å². The number of nitrogens with two attached hydrogens (primary N) is 1. The summed E-state index contributed by atoms with van der Waals surface area (Å²) in [5.41, 5.74) is 7.11. The largest absolute Gasteiger partial charge is 0.399 e. The number of nitrogen functional groups attached to an aromatic ring is 1. The lowest BCUT2D eigenvalue weighted by molar-refractivity contribution is 0.0632. The number of aromatic amines is 1. The fraction of sp³-hybridized carbons (Fsp3) is 0.353. The van der Waals surface area contributed by atoms with Gasteiger partial charge in [-0.2, -0.15) is 0 Å². The van der Waals surface area contributed by atoms with E-state index >= 15 is 0 Å². The van der Waals surface area contributed by atoms with Crippen LogP contribution in [0.4, 0.5) is 5.69 Å². The lowest BCUT2D eigenvalue weighted by Crippen LogP contribution is -2.49. The standard InChI is InChI=1S/C17H21N5O2/c18-14-11-15(20-16(23)12-14)17(24)22-9-7-21(8-10-22)6-3-13-1-4-19-5-2-13/h1-2,4-5,11-12H,3,6-10H2,(H3,18,20,23). The number of piperazine rings is 1.